The molecule has 6 nitrogen and oxygen atoms in total. The molecule has 0 saturated heterocycles. The van der Waals surface area contributed by atoms with Crippen LogP contribution in [-0.2, 0) is 10.0 Å². The van der Waals surface area contributed by atoms with Crippen molar-refractivity contribution in [3.05, 3.63) is 89.7 Å². The van der Waals surface area contributed by atoms with Crippen molar-refractivity contribution in [1.82, 2.24) is 5.32 Å². The molecule has 1 amide bonds. The first-order chi connectivity index (χ1) is 14.7. The number of hydrogen-bond donors (Lipinski definition) is 1. The molecule has 0 bridgehead atoms. The highest BCUT2D eigenvalue weighted by Crippen LogP contribution is 2.25. The van der Waals surface area contributed by atoms with Gasteiger partial charge in [0.2, 0.25) is 0 Å². The molecular formula is C23H23FN2O4S. The minimum absolute atomic E-state index is 0.107. The fourth-order valence-electron chi connectivity index (χ4n) is 3.00. The average Bonchev–Trinajstić information content (AvgIpc) is 2.79. The number of carbonyl (C=O) groups is 1. The van der Waals surface area contributed by atoms with Gasteiger partial charge in [-0.25, -0.2) is 12.8 Å². The Balaban J connectivity index is 1.79. The zero-order chi connectivity index (χ0) is 22.6. The summed E-state index contributed by atoms with van der Waals surface area (Å²) in [6, 6.07) is 17.9. The second kappa shape index (κ2) is 9.18. The maximum atomic E-state index is 13.1. The van der Waals surface area contributed by atoms with Gasteiger partial charge in [-0.15, -0.1) is 0 Å². The number of sulfonamides is 1. The molecule has 0 fully saturated rings. The number of ether oxygens (including phenoxy) is 1. The van der Waals surface area contributed by atoms with Gasteiger partial charge >= 0.3 is 0 Å². The van der Waals surface area contributed by atoms with E-state index in [9.17, 15) is 17.6 Å². The van der Waals surface area contributed by atoms with Crippen molar-refractivity contribution in [2.24, 2.45) is 0 Å². The number of hydrogen-bond acceptors (Lipinski definition) is 4. The highest BCUT2D eigenvalue weighted by atomic mass is 32.2. The lowest BCUT2D eigenvalue weighted by molar-refractivity contribution is 0.0940. The quantitative estimate of drug-likeness (QED) is 0.596. The van der Waals surface area contributed by atoms with E-state index in [1.165, 1.54) is 44.5 Å². The fourth-order valence-corrected chi connectivity index (χ4v) is 4.19. The van der Waals surface area contributed by atoms with Crippen LogP contribution in [-0.4, -0.2) is 28.5 Å². The predicted octanol–water partition coefficient (Wildman–Crippen LogP) is 4.15. The van der Waals surface area contributed by atoms with Crippen LogP contribution in [0.2, 0.25) is 0 Å². The van der Waals surface area contributed by atoms with E-state index in [1.54, 1.807) is 49.4 Å². The molecule has 0 spiro atoms. The van der Waals surface area contributed by atoms with Crippen LogP contribution in [0, 0.1) is 5.82 Å². The standard InChI is InChI=1S/C23H23FN2O4S/c1-16(17-7-9-19(24)10-8-17)25-23(27)18-5-4-6-20(15-18)26(2)31(28,29)22-13-11-21(30-3)12-14-22/h4-16H,1-3H3,(H,25,27)/t16-/m1/s1. The molecule has 3 aromatic rings. The van der Waals surface area contributed by atoms with Crippen molar-refractivity contribution >= 4 is 21.6 Å². The van der Waals surface area contributed by atoms with Crippen LogP contribution in [0.1, 0.15) is 28.9 Å². The summed E-state index contributed by atoms with van der Waals surface area (Å²) in [4.78, 5) is 12.8. The average molecular weight is 443 g/mol. The molecule has 0 aliphatic rings. The van der Waals surface area contributed by atoms with Crippen molar-refractivity contribution in [3.8, 4) is 5.75 Å². The fraction of sp³-hybridized carbons (Fsp3) is 0.174. The largest absolute Gasteiger partial charge is 0.497 e. The molecule has 162 valence electrons. The molecule has 1 N–H and O–H groups in total. The summed E-state index contributed by atoms with van der Waals surface area (Å²) in [6.07, 6.45) is 0. The Kier molecular flexibility index (Phi) is 6.60. The monoisotopic (exact) mass is 442 g/mol. The maximum absolute atomic E-state index is 13.1. The van der Waals surface area contributed by atoms with Gasteiger partial charge in [-0.2, -0.15) is 0 Å². The zero-order valence-corrected chi connectivity index (χ0v) is 18.2. The molecule has 31 heavy (non-hydrogen) atoms. The lowest BCUT2D eigenvalue weighted by Gasteiger charge is -2.21. The molecule has 0 radical (unpaired) electrons. The second-order valence-corrected chi connectivity index (χ2v) is 8.91. The van der Waals surface area contributed by atoms with Crippen LogP contribution in [0.3, 0.4) is 0 Å². The third kappa shape index (κ3) is 5.03. The van der Waals surface area contributed by atoms with Gasteiger partial charge in [-0.3, -0.25) is 9.10 Å². The Hall–Kier alpha value is -3.39. The van der Waals surface area contributed by atoms with E-state index < -0.39 is 10.0 Å². The van der Waals surface area contributed by atoms with Crippen molar-refractivity contribution < 1.29 is 22.3 Å². The van der Waals surface area contributed by atoms with E-state index in [0.29, 0.717) is 17.0 Å². The molecular weight excluding hydrogens is 419 g/mol. The lowest BCUT2D eigenvalue weighted by atomic mass is 10.1. The highest BCUT2D eigenvalue weighted by Gasteiger charge is 2.22. The van der Waals surface area contributed by atoms with E-state index in [4.69, 9.17) is 4.74 Å². The van der Waals surface area contributed by atoms with Crippen molar-refractivity contribution in [1.29, 1.82) is 0 Å². The van der Waals surface area contributed by atoms with Crippen molar-refractivity contribution in [2.45, 2.75) is 17.9 Å². The zero-order valence-electron chi connectivity index (χ0n) is 17.4. The molecule has 0 aliphatic heterocycles. The Morgan fingerprint density at radius 3 is 2.29 bits per heavy atom. The number of nitrogens with one attached hydrogen (secondary N) is 1. The van der Waals surface area contributed by atoms with E-state index in [2.05, 4.69) is 5.32 Å². The van der Waals surface area contributed by atoms with Crippen LogP contribution in [0.4, 0.5) is 10.1 Å². The Morgan fingerprint density at radius 1 is 1.03 bits per heavy atom. The molecule has 0 aromatic heterocycles. The number of methoxy groups -OCH3 is 1. The van der Waals surface area contributed by atoms with E-state index >= 15 is 0 Å². The third-order valence-corrected chi connectivity index (χ3v) is 6.71. The number of halogens is 1. The normalized spacial score (nSPS) is 12.1. The first kappa shape index (κ1) is 22.3. The first-order valence-electron chi connectivity index (χ1n) is 9.52. The topological polar surface area (TPSA) is 75.7 Å². The Labute approximate surface area is 181 Å². The smallest absolute Gasteiger partial charge is 0.264 e. The summed E-state index contributed by atoms with van der Waals surface area (Å²) < 4.78 is 45.2. The SMILES string of the molecule is COc1ccc(S(=O)(=O)N(C)c2cccc(C(=O)N[C@H](C)c3ccc(F)cc3)c2)cc1. The number of benzene rings is 3. The van der Waals surface area contributed by atoms with E-state index in [1.807, 2.05) is 0 Å². The summed E-state index contributed by atoms with van der Waals surface area (Å²) in [7, 11) is -0.888. The number of rotatable bonds is 7. The Bertz CT molecular complexity index is 1160. The number of carbonyl (C=O) groups excluding carboxylic acids is 1. The van der Waals surface area contributed by atoms with Crippen molar-refractivity contribution in [2.75, 3.05) is 18.5 Å². The van der Waals surface area contributed by atoms with E-state index in [0.717, 1.165) is 9.87 Å². The molecule has 8 heteroatoms. The molecule has 0 unspecified atom stereocenters. The lowest BCUT2D eigenvalue weighted by Crippen LogP contribution is -2.28. The third-order valence-electron chi connectivity index (χ3n) is 4.91. The van der Waals surface area contributed by atoms with Crippen LogP contribution >= 0.6 is 0 Å². The number of amides is 1. The summed E-state index contributed by atoms with van der Waals surface area (Å²) in [6.45, 7) is 1.79. The van der Waals surface area contributed by atoms with Gasteiger partial charge in [0.15, 0.2) is 0 Å². The van der Waals surface area contributed by atoms with Crippen LogP contribution in [0.25, 0.3) is 0 Å². The van der Waals surface area contributed by atoms with Crippen LogP contribution in [0.5, 0.6) is 5.75 Å². The molecule has 3 rings (SSSR count). The number of anilines is 1. The van der Waals surface area contributed by atoms with Crippen LogP contribution in [0.15, 0.2) is 77.7 Å². The molecule has 0 saturated carbocycles. The summed E-state index contributed by atoms with van der Waals surface area (Å²) in [5.74, 6) is -0.166. The van der Waals surface area contributed by atoms with Gasteiger partial charge in [0.25, 0.3) is 15.9 Å². The summed E-state index contributed by atoms with van der Waals surface area (Å²) in [5.41, 5.74) is 1.41. The summed E-state index contributed by atoms with van der Waals surface area (Å²) in [5, 5.41) is 2.84. The molecule has 3 aromatic carbocycles. The molecule has 0 aliphatic carbocycles. The predicted molar refractivity (Wildman–Crippen MR) is 117 cm³/mol. The molecule has 0 heterocycles. The van der Waals surface area contributed by atoms with Gasteiger partial charge in [-0.1, -0.05) is 18.2 Å². The minimum atomic E-state index is -3.82. The summed E-state index contributed by atoms with van der Waals surface area (Å²) >= 11 is 0. The van der Waals surface area contributed by atoms with Crippen molar-refractivity contribution in [3.63, 3.8) is 0 Å². The molecule has 1 atom stereocenters. The van der Waals surface area contributed by atoms with Gasteiger partial charge < -0.3 is 10.1 Å². The Morgan fingerprint density at radius 2 is 1.68 bits per heavy atom. The van der Waals surface area contributed by atoms with Gasteiger partial charge in [-0.05, 0) is 67.1 Å². The second-order valence-electron chi connectivity index (χ2n) is 6.95. The van der Waals surface area contributed by atoms with Gasteiger partial charge in [0, 0.05) is 12.6 Å². The number of nitrogens with zero attached hydrogens (tertiary/aromatic N) is 1. The minimum Gasteiger partial charge on any atom is -0.497 e. The highest BCUT2D eigenvalue weighted by molar-refractivity contribution is 7.92. The van der Waals surface area contributed by atoms with Gasteiger partial charge in [0.05, 0.1) is 23.7 Å². The van der Waals surface area contributed by atoms with Gasteiger partial charge in [0.1, 0.15) is 11.6 Å². The van der Waals surface area contributed by atoms with Crippen LogP contribution < -0.4 is 14.4 Å². The maximum Gasteiger partial charge on any atom is 0.264 e. The van der Waals surface area contributed by atoms with E-state index in [-0.39, 0.29) is 22.7 Å². The first-order valence-corrected chi connectivity index (χ1v) is 11.0.